The van der Waals surface area contributed by atoms with E-state index in [0.29, 0.717) is 37.6 Å². The van der Waals surface area contributed by atoms with E-state index < -0.39 is 6.09 Å². The Labute approximate surface area is 122 Å². The second-order valence-corrected chi connectivity index (χ2v) is 5.18. The highest BCUT2D eigenvalue weighted by atomic mass is 16.5. The summed E-state index contributed by atoms with van der Waals surface area (Å²) >= 11 is 0. The molecule has 2 aromatic rings. The quantitative estimate of drug-likeness (QED) is 0.918. The van der Waals surface area contributed by atoms with Crippen LogP contribution in [0.3, 0.4) is 0 Å². The van der Waals surface area contributed by atoms with Gasteiger partial charge in [-0.05, 0) is 19.1 Å². The number of ether oxygens (including phenoxy) is 1. The maximum Gasteiger partial charge on any atom is 0.407 e. The van der Waals surface area contributed by atoms with Crippen molar-refractivity contribution in [3.63, 3.8) is 0 Å². The van der Waals surface area contributed by atoms with Crippen LogP contribution in [0.2, 0.25) is 0 Å². The maximum atomic E-state index is 10.9. The fourth-order valence-corrected chi connectivity index (χ4v) is 2.57. The molecule has 0 radical (unpaired) electrons. The lowest BCUT2D eigenvalue weighted by Gasteiger charge is -2.30. The monoisotopic (exact) mass is 287 g/mol. The van der Waals surface area contributed by atoms with Crippen molar-refractivity contribution in [3.8, 4) is 5.88 Å². The fraction of sp³-hybridized carbons (Fsp3) is 0.400. The zero-order valence-electron chi connectivity index (χ0n) is 11.8. The molecule has 6 nitrogen and oxygen atoms in total. The number of likely N-dealkylation sites (tertiary alicyclic amines) is 1. The minimum Gasteiger partial charge on any atom is -0.474 e. The molecule has 110 valence electrons. The number of amides is 1. The molecule has 1 aliphatic heterocycles. The predicted octanol–water partition coefficient (Wildman–Crippen LogP) is 2.46. The lowest BCUT2D eigenvalue weighted by Crippen LogP contribution is -2.41. The van der Waals surface area contributed by atoms with E-state index in [4.69, 9.17) is 9.84 Å². The first-order chi connectivity index (χ1) is 10.1. The molecule has 1 aliphatic rings. The molecule has 1 fully saturated rings. The Morgan fingerprint density at radius 2 is 2.00 bits per heavy atom. The fourth-order valence-electron chi connectivity index (χ4n) is 2.57. The third-order valence-electron chi connectivity index (χ3n) is 3.67. The molecule has 21 heavy (non-hydrogen) atoms. The minimum absolute atomic E-state index is 0.00157. The summed E-state index contributed by atoms with van der Waals surface area (Å²) in [7, 11) is 0. The summed E-state index contributed by atoms with van der Waals surface area (Å²) < 4.78 is 6.01. The predicted molar refractivity (Wildman–Crippen MR) is 77.5 cm³/mol. The summed E-state index contributed by atoms with van der Waals surface area (Å²) in [5, 5.41) is 9.85. The molecule has 1 aromatic heterocycles. The molecule has 0 aliphatic carbocycles. The molecule has 2 heterocycles. The number of piperidine rings is 1. The van der Waals surface area contributed by atoms with E-state index in [1.807, 2.05) is 31.2 Å². The first kappa shape index (κ1) is 13.6. The molecule has 0 spiro atoms. The number of hydrogen-bond acceptors (Lipinski definition) is 4. The third kappa shape index (κ3) is 2.89. The number of aromatic nitrogens is 2. The van der Waals surface area contributed by atoms with Crippen LogP contribution >= 0.6 is 0 Å². The summed E-state index contributed by atoms with van der Waals surface area (Å²) in [4.78, 5) is 21.1. The Morgan fingerprint density at radius 1 is 1.29 bits per heavy atom. The van der Waals surface area contributed by atoms with Crippen molar-refractivity contribution in [2.24, 2.45) is 0 Å². The van der Waals surface area contributed by atoms with Crippen LogP contribution in [-0.2, 0) is 0 Å². The molecule has 0 bridgehead atoms. The van der Waals surface area contributed by atoms with Gasteiger partial charge in [-0.1, -0.05) is 12.1 Å². The van der Waals surface area contributed by atoms with Gasteiger partial charge in [0.1, 0.15) is 11.9 Å². The lowest BCUT2D eigenvalue weighted by atomic mass is 10.1. The van der Waals surface area contributed by atoms with E-state index in [9.17, 15) is 4.79 Å². The van der Waals surface area contributed by atoms with E-state index in [1.54, 1.807) is 0 Å². The van der Waals surface area contributed by atoms with Crippen molar-refractivity contribution in [2.45, 2.75) is 25.9 Å². The molecule has 1 N–H and O–H groups in total. The highest BCUT2D eigenvalue weighted by Gasteiger charge is 2.24. The summed E-state index contributed by atoms with van der Waals surface area (Å²) in [5.41, 5.74) is 0.864. The van der Waals surface area contributed by atoms with E-state index in [0.717, 1.165) is 10.9 Å². The average Bonchev–Trinajstić information content (AvgIpc) is 2.47. The van der Waals surface area contributed by atoms with E-state index >= 15 is 0 Å². The van der Waals surface area contributed by atoms with Gasteiger partial charge in [-0.2, -0.15) is 4.98 Å². The minimum atomic E-state index is -0.864. The summed E-state index contributed by atoms with van der Waals surface area (Å²) in [5.74, 6) is 1.26. The number of carboxylic acid groups (broad SMARTS) is 1. The molecular weight excluding hydrogens is 270 g/mol. The van der Waals surface area contributed by atoms with Gasteiger partial charge < -0.3 is 14.7 Å². The van der Waals surface area contributed by atoms with Crippen molar-refractivity contribution < 1.29 is 14.6 Å². The normalized spacial score (nSPS) is 16.1. The van der Waals surface area contributed by atoms with Gasteiger partial charge in [0.2, 0.25) is 5.88 Å². The smallest absolute Gasteiger partial charge is 0.407 e. The Hall–Kier alpha value is -2.37. The largest absolute Gasteiger partial charge is 0.474 e. The summed E-state index contributed by atoms with van der Waals surface area (Å²) in [6, 6.07) is 7.74. The Morgan fingerprint density at radius 3 is 2.71 bits per heavy atom. The Balaban J connectivity index is 1.78. The standard InChI is InChI=1S/C15H17N3O3/c1-10-16-13-5-3-2-4-12(13)14(17-10)21-11-6-8-18(9-7-11)15(19)20/h2-5,11H,6-9H2,1H3,(H,19,20). The third-order valence-corrected chi connectivity index (χ3v) is 3.67. The second kappa shape index (κ2) is 5.55. The number of nitrogens with zero attached hydrogens (tertiary/aromatic N) is 3. The van der Waals surface area contributed by atoms with Crippen LogP contribution in [0.4, 0.5) is 4.79 Å². The zero-order chi connectivity index (χ0) is 14.8. The van der Waals surface area contributed by atoms with Gasteiger partial charge in [0.25, 0.3) is 0 Å². The van der Waals surface area contributed by atoms with Crippen LogP contribution in [0.5, 0.6) is 5.88 Å². The molecule has 3 rings (SSSR count). The first-order valence-electron chi connectivity index (χ1n) is 7.01. The van der Waals surface area contributed by atoms with Crippen molar-refractivity contribution >= 4 is 17.0 Å². The van der Waals surface area contributed by atoms with Gasteiger partial charge in [0.05, 0.1) is 10.9 Å². The molecule has 1 saturated heterocycles. The number of rotatable bonds is 2. The van der Waals surface area contributed by atoms with Gasteiger partial charge in [-0.3, -0.25) is 0 Å². The zero-order valence-corrected chi connectivity index (χ0v) is 11.8. The van der Waals surface area contributed by atoms with Crippen LogP contribution in [0.25, 0.3) is 10.9 Å². The van der Waals surface area contributed by atoms with Crippen LogP contribution in [0.1, 0.15) is 18.7 Å². The second-order valence-electron chi connectivity index (χ2n) is 5.18. The number of aryl methyl sites for hydroxylation is 1. The highest BCUT2D eigenvalue weighted by Crippen LogP contribution is 2.25. The molecule has 1 aromatic carbocycles. The first-order valence-corrected chi connectivity index (χ1v) is 7.01. The number of fused-ring (bicyclic) bond motifs is 1. The van der Waals surface area contributed by atoms with E-state index in [2.05, 4.69) is 9.97 Å². The van der Waals surface area contributed by atoms with E-state index in [1.165, 1.54) is 4.90 Å². The summed E-state index contributed by atoms with van der Waals surface area (Å²) in [6.45, 7) is 2.84. The van der Waals surface area contributed by atoms with Gasteiger partial charge >= 0.3 is 6.09 Å². The number of para-hydroxylation sites is 1. The van der Waals surface area contributed by atoms with Crippen LogP contribution in [-0.4, -0.2) is 45.3 Å². The van der Waals surface area contributed by atoms with Crippen LogP contribution < -0.4 is 4.74 Å². The lowest BCUT2D eigenvalue weighted by molar-refractivity contribution is 0.0878. The summed E-state index contributed by atoms with van der Waals surface area (Å²) in [6.07, 6.45) is 0.503. The topological polar surface area (TPSA) is 75.5 Å². The molecule has 6 heteroatoms. The molecule has 0 saturated carbocycles. The molecular formula is C15H17N3O3. The van der Waals surface area contributed by atoms with E-state index in [-0.39, 0.29) is 6.10 Å². The van der Waals surface area contributed by atoms with Gasteiger partial charge in [0.15, 0.2) is 0 Å². The molecule has 0 atom stereocenters. The van der Waals surface area contributed by atoms with Crippen molar-refractivity contribution in [2.75, 3.05) is 13.1 Å². The van der Waals surface area contributed by atoms with Crippen molar-refractivity contribution in [1.82, 2.24) is 14.9 Å². The molecule has 1 amide bonds. The van der Waals surface area contributed by atoms with Crippen molar-refractivity contribution in [3.05, 3.63) is 30.1 Å². The Kier molecular flexibility index (Phi) is 3.60. The number of hydrogen-bond donors (Lipinski definition) is 1. The van der Waals surface area contributed by atoms with Crippen molar-refractivity contribution in [1.29, 1.82) is 0 Å². The van der Waals surface area contributed by atoms with Gasteiger partial charge in [-0.25, -0.2) is 9.78 Å². The Bertz CT molecular complexity index is 666. The number of carbonyl (C=O) groups is 1. The van der Waals surface area contributed by atoms with Gasteiger partial charge in [-0.15, -0.1) is 0 Å². The van der Waals surface area contributed by atoms with Gasteiger partial charge in [0, 0.05) is 25.9 Å². The van der Waals surface area contributed by atoms with Crippen LogP contribution in [0, 0.1) is 6.92 Å². The average molecular weight is 287 g/mol. The van der Waals surface area contributed by atoms with Crippen LogP contribution in [0.15, 0.2) is 24.3 Å². The highest BCUT2D eigenvalue weighted by molar-refractivity contribution is 5.83. The SMILES string of the molecule is Cc1nc(OC2CCN(C(=O)O)CC2)c2ccccc2n1. The molecule has 0 unspecified atom stereocenters. The number of benzene rings is 1. The maximum absolute atomic E-state index is 10.9.